The van der Waals surface area contributed by atoms with Crippen molar-refractivity contribution in [3.63, 3.8) is 0 Å². The Balaban J connectivity index is 1.52. The van der Waals surface area contributed by atoms with Crippen molar-refractivity contribution < 1.29 is 13.2 Å². The Kier molecular flexibility index (Phi) is 6.56. The fourth-order valence-corrected chi connectivity index (χ4v) is 4.56. The Morgan fingerprint density at radius 1 is 0.697 bits per heavy atom. The molecule has 4 aromatic rings. The Labute approximate surface area is 194 Å². The summed E-state index contributed by atoms with van der Waals surface area (Å²) in [5, 5.41) is 3.10. The Hall–Kier alpha value is -3.90. The van der Waals surface area contributed by atoms with Gasteiger partial charge in [0.2, 0.25) is 0 Å². The van der Waals surface area contributed by atoms with Crippen molar-refractivity contribution in [1.29, 1.82) is 0 Å². The highest BCUT2D eigenvalue weighted by atomic mass is 32.2. The molecular formula is C27H24N2O3S. The van der Waals surface area contributed by atoms with Gasteiger partial charge in [-0.15, -0.1) is 0 Å². The zero-order valence-corrected chi connectivity index (χ0v) is 18.9. The number of amides is 1. The van der Waals surface area contributed by atoms with E-state index in [1.807, 2.05) is 61.5 Å². The molecule has 0 aliphatic carbocycles. The highest BCUT2D eigenvalue weighted by Gasteiger charge is 2.18. The number of hydrogen-bond donors (Lipinski definition) is 2. The molecule has 1 atom stereocenters. The highest BCUT2D eigenvalue weighted by Crippen LogP contribution is 2.23. The molecule has 4 aromatic carbocycles. The fourth-order valence-electron chi connectivity index (χ4n) is 3.48. The standard InChI is InChI=1S/C27H24N2O3S/c1-20-12-14-22(15-13-20)26(21-8-4-2-5-9-21)28-27(30)23-16-18-24(19-17-23)29-33(31,32)25-10-6-3-7-11-25/h2-19,26,29H,1H3,(H,28,30). The highest BCUT2D eigenvalue weighted by molar-refractivity contribution is 7.92. The van der Waals surface area contributed by atoms with Crippen LogP contribution in [0.4, 0.5) is 5.69 Å². The van der Waals surface area contributed by atoms with Gasteiger partial charge in [0, 0.05) is 11.3 Å². The summed E-state index contributed by atoms with van der Waals surface area (Å²) in [6.07, 6.45) is 0. The zero-order valence-electron chi connectivity index (χ0n) is 18.1. The van der Waals surface area contributed by atoms with E-state index in [0.29, 0.717) is 11.3 Å². The number of carbonyl (C=O) groups excluding carboxylic acids is 1. The maximum Gasteiger partial charge on any atom is 0.261 e. The van der Waals surface area contributed by atoms with Crippen molar-refractivity contribution in [3.8, 4) is 0 Å². The molecule has 2 N–H and O–H groups in total. The molecule has 1 unspecified atom stereocenters. The summed E-state index contributed by atoms with van der Waals surface area (Å²) >= 11 is 0. The van der Waals surface area contributed by atoms with Crippen LogP contribution in [0.25, 0.3) is 0 Å². The first-order valence-electron chi connectivity index (χ1n) is 10.5. The number of anilines is 1. The number of aryl methyl sites for hydroxylation is 1. The van der Waals surface area contributed by atoms with Gasteiger partial charge >= 0.3 is 0 Å². The van der Waals surface area contributed by atoms with Crippen molar-refractivity contribution in [2.75, 3.05) is 4.72 Å². The smallest absolute Gasteiger partial charge is 0.261 e. The molecule has 0 heterocycles. The van der Waals surface area contributed by atoms with Crippen LogP contribution in [0.3, 0.4) is 0 Å². The fraction of sp³-hybridized carbons (Fsp3) is 0.0741. The van der Waals surface area contributed by atoms with Crippen molar-refractivity contribution in [1.82, 2.24) is 5.32 Å². The van der Waals surface area contributed by atoms with Gasteiger partial charge in [-0.25, -0.2) is 8.42 Å². The zero-order chi connectivity index (χ0) is 23.3. The van der Waals surface area contributed by atoms with Crippen LogP contribution in [-0.4, -0.2) is 14.3 Å². The van der Waals surface area contributed by atoms with Crippen LogP contribution < -0.4 is 10.0 Å². The third kappa shape index (κ3) is 5.48. The molecule has 0 aromatic heterocycles. The number of benzene rings is 4. The molecule has 0 saturated carbocycles. The topological polar surface area (TPSA) is 75.3 Å². The van der Waals surface area contributed by atoms with Crippen LogP contribution in [0.15, 0.2) is 114 Å². The van der Waals surface area contributed by atoms with Gasteiger partial charge in [0.15, 0.2) is 0 Å². The summed E-state index contributed by atoms with van der Waals surface area (Å²) in [6, 6.07) is 32.0. The lowest BCUT2D eigenvalue weighted by Gasteiger charge is -2.20. The number of carbonyl (C=O) groups is 1. The number of hydrogen-bond acceptors (Lipinski definition) is 3. The molecule has 0 aliphatic heterocycles. The van der Waals surface area contributed by atoms with Gasteiger partial charge in [-0.2, -0.15) is 0 Å². The van der Waals surface area contributed by atoms with Crippen LogP contribution in [0, 0.1) is 6.92 Å². The average molecular weight is 457 g/mol. The molecule has 0 spiro atoms. The molecule has 0 bridgehead atoms. The normalized spacial score (nSPS) is 12.0. The summed E-state index contributed by atoms with van der Waals surface area (Å²) in [4.78, 5) is 13.2. The molecule has 0 aliphatic rings. The maximum atomic E-state index is 13.0. The van der Waals surface area contributed by atoms with Crippen LogP contribution in [-0.2, 0) is 10.0 Å². The average Bonchev–Trinajstić information content (AvgIpc) is 2.84. The van der Waals surface area contributed by atoms with Gasteiger partial charge in [-0.3, -0.25) is 9.52 Å². The molecule has 1 amide bonds. The van der Waals surface area contributed by atoms with Gasteiger partial charge < -0.3 is 5.32 Å². The third-order valence-corrected chi connectivity index (χ3v) is 6.67. The molecule has 166 valence electrons. The number of nitrogens with one attached hydrogen (secondary N) is 2. The first-order chi connectivity index (χ1) is 15.9. The molecule has 0 fully saturated rings. The van der Waals surface area contributed by atoms with Crippen LogP contribution in [0.5, 0.6) is 0 Å². The molecule has 4 rings (SSSR count). The molecule has 0 radical (unpaired) electrons. The quantitative estimate of drug-likeness (QED) is 0.395. The summed E-state index contributed by atoms with van der Waals surface area (Å²) < 4.78 is 27.6. The van der Waals surface area contributed by atoms with E-state index in [-0.39, 0.29) is 16.8 Å². The molecule has 33 heavy (non-hydrogen) atoms. The Morgan fingerprint density at radius 3 is 1.85 bits per heavy atom. The minimum atomic E-state index is -3.69. The van der Waals surface area contributed by atoms with Gasteiger partial charge in [-0.1, -0.05) is 78.4 Å². The first-order valence-corrected chi connectivity index (χ1v) is 12.0. The predicted octanol–water partition coefficient (Wildman–Crippen LogP) is 5.32. The minimum Gasteiger partial charge on any atom is -0.341 e. The van der Waals surface area contributed by atoms with Crippen molar-refractivity contribution in [2.45, 2.75) is 17.9 Å². The number of rotatable bonds is 7. The van der Waals surface area contributed by atoms with Crippen molar-refractivity contribution >= 4 is 21.6 Å². The maximum absolute atomic E-state index is 13.0. The van der Waals surface area contributed by atoms with E-state index in [1.54, 1.807) is 42.5 Å². The van der Waals surface area contributed by atoms with Gasteiger partial charge in [0.05, 0.1) is 10.9 Å². The van der Waals surface area contributed by atoms with E-state index in [0.717, 1.165) is 16.7 Å². The van der Waals surface area contributed by atoms with Gasteiger partial charge in [-0.05, 0) is 54.4 Å². The largest absolute Gasteiger partial charge is 0.341 e. The van der Waals surface area contributed by atoms with Gasteiger partial charge in [0.25, 0.3) is 15.9 Å². The van der Waals surface area contributed by atoms with Crippen LogP contribution in [0.1, 0.15) is 33.1 Å². The number of sulfonamides is 1. The van der Waals surface area contributed by atoms with Gasteiger partial charge in [0.1, 0.15) is 0 Å². The molecule has 6 heteroatoms. The van der Waals surface area contributed by atoms with Crippen LogP contribution in [0.2, 0.25) is 0 Å². The SMILES string of the molecule is Cc1ccc(C(NC(=O)c2ccc(NS(=O)(=O)c3ccccc3)cc2)c2ccccc2)cc1. The Bertz CT molecular complexity index is 1320. The summed E-state index contributed by atoms with van der Waals surface area (Å²) in [5.41, 5.74) is 3.92. The Morgan fingerprint density at radius 2 is 1.24 bits per heavy atom. The summed E-state index contributed by atoms with van der Waals surface area (Å²) in [5.74, 6) is -0.248. The lowest BCUT2D eigenvalue weighted by atomic mass is 9.97. The summed E-state index contributed by atoms with van der Waals surface area (Å²) in [6.45, 7) is 2.02. The second kappa shape index (κ2) is 9.71. The van der Waals surface area contributed by atoms with E-state index in [2.05, 4.69) is 10.0 Å². The van der Waals surface area contributed by atoms with E-state index in [1.165, 1.54) is 12.1 Å². The third-order valence-electron chi connectivity index (χ3n) is 5.27. The molecule has 0 saturated heterocycles. The van der Waals surface area contributed by atoms with E-state index in [9.17, 15) is 13.2 Å². The summed E-state index contributed by atoms with van der Waals surface area (Å²) in [7, 11) is -3.69. The second-order valence-corrected chi connectivity index (χ2v) is 9.41. The lowest BCUT2D eigenvalue weighted by molar-refractivity contribution is 0.0943. The predicted molar refractivity (Wildman–Crippen MR) is 131 cm³/mol. The molecular weight excluding hydrogens is 432 g/mol. The first kappa shape index (κ1) is 22.3. The van der Waals surface area contributed by atoms with Crippen molar-refractivity contribution in [2.24, 2.45) is 0 Å². The minimum absolute atomic E-state index is 0.177. The lowest BCUT2D eigenvalue weighted by Crippen LogP contribution is -2.29. The monoisotopic (exact) mass is 456 g/mol. The van der Waals surface area contributed by atoms with Crippen LogP contribution >= 0.6 is 0 Å². The van der Waals surface area contributed by atoms with Crippen molar-refractivity contribution in [3.05, 3.63) is 131 Å². The second-order valence-electron chi connectivity index (χ2n) is 7.72. The van der Waals surface area contributed by atoms with E-state index in [4.69, 9.17) is 0 Å². The van der Waals surface area contributed by atoms with E-state index >= 15 is 0 Å². The molecule has 5 nitrogen and oxygen atoms in total. The van der Waals surface area contributed by atoms with E-state index < -0.39 is 10.0 Å².